The van der Waals surface area contributed by atoms with Crippen LogP contribution in [0, 0.1) is 35.2 Å². The molecule has 13 heteroatoms. The normalized spacial score (nSPS) is 28.1. The van der Waals surface area contributed by atoms with Crippen LogP contribution < -0.4 is 25.4 Å². The second-order valence-corrected chi connectivity index (χ2v) is 19.6. The summed E-state index contributed by atoms with van der Waals surface area (Å²) < 4.78 is 13.7. The van der Waals surface area contributed by atoms with Crippen LogP contribution in [-0.4, -0.2) is 69.2 Å². The summed E-state index contributed by atoms with van der Waals surface area (Å²) >= 11 is 0. The summed E-state index contributed by atoms with van der Waals surface area (Å²) in [6.07, 6.45) is 9.51. The van der Waals surface area contributed by atoms with Crippen molar-refractivity contribution in [3.8, 4) is 41.1 Å². The van der Waals surface area contributed by atoms with Crippen LogP contribution in [0.15, 0.2) is 46.7 Å². The molecule has 1 saturated carbocycles. The number of phenols is 1. The van der Waals surface area contributed by atoms with Crippen molar-refractivity contribution in [3.63, 3.8) is 0 Å². The lowest BCUT2D eigenvalue weighted by Gasteiger charge is -2.37. The number of nitrogens with zero attached hydrogens (tertiary/aromatic N) is 1. The number of aromatic hydroxyl groups is 1. The molecule has 310 valence electrons. The number of rotatable bonds is 9. The topological polar surface area (TPSA) is 171 Å². The van der Waals surface area contributed by atoms with Crippen molar-refractivity contribution in [2.75, 3.05) is 18.8 Å². The number of benzene rings is 2. The van der Waals surface area contributed by atoms with Gasteiger partial charge in [0.25, 0.3) is 6.23 Å². The first-order valence-electron chi connectivity index (χ1n) is 21.2. The van der Waals surface area contributed by atoms with Gasteiger partial charge in [0.1, 0.15) is 48.1 Å². The lowest BCUT2D eigenvalue weighted by atomic mass is 9.73. The second-order valence-electron chi connectivity index (χ2n) is 17.1. The second kappa shape index (κ2) is 16.9. The van der Waals surface area contributed by atoms with Gasteiger partial charge in [-0.1, -0.05) is 77.7 Å². The summed E-state index contributed by atoms with van der Waals surface area (Å²) in [5, 5.41) is 48.3. The van der Waals surface area contributed by atoms with Crippen LogP contribution in [-0.2, 0) is 23.4 Å². The monoisotopic (exact) mass is 837 g/mol. The Kier molecular flexibility index (Phi) is 11.7. The number of aliphatic hydroxyl groups is 3. The molecule has 0 saturated heterocycles. The number of nitrogens with two attached hydrogens (primary N) is 1. The van der Waals surface area contributed by atoms with Crippen LogP contribution in [0.1, 0.15) is 116 Å². The average Bonchev–Trinajstić information content (AvgIpc) is 3.95. The van der Waals surface area contributed by atoms with Crippen molar-refractivity contribution in [2.24, 2.45) is 22.1 Å². The van der Waals surface area contributed by atoms with Crippen LogP contribution in [0.2, 0.25) is 0 Å². The van der Waals surface area contributed by atoms with Gasteiger partial charge in [0.05, 0.1) is 29.4 Å². The molecule has 8 bridgehead atoms. The van der Waals surface area contributed by atoms with Gasteiger partial charge in [-0.25, -0.2) is 0 Å². The molecule has 0 aromatic heterocycles. The number of aliphatic hydroxyl groups excluding tert-OH is 3. The van der Waals surface area contributed by atoms with Gasteiger partial charge in [-0.3, -0.25) is 20.0 Å². The molecule has 0 radical (unpaired) electrons. The molecule has 2 aromatic rings. The number of fused-ring (bicyclic) bond motifs is 4. The van der Waals surface area contributed by atoms with Gasteiger partial charge in [-0.2, -0.15) is 0 Å². The van der Waals surface area contributed by atoms with E-state index < -0.39 is 35.9 Å². The Balaban J connectivity index is 1.19. The predicted octanol–water partition coefficient (Wildman–Crippen LogP) is 4.38. The minimum absolute atomic E-state index is 0.0121. The first-order valence-corrected chi connectivity index (χ1v) is 23.6. The Morgan fingerprint density at radius 2 is 1.98 bits per heavy atom. The fourth-order valence-corrected chi connectivity index (χ4v) is 12.7. The van der Waals surface area contributed by atoms with E-state index >= 15 is 0 Å². The highest BCUT2D eigenvalue weighted by Crippen LogP contribution is 2.50. The third-order valence-corrected chi connectivity index (χ3v) is 15.6. The number of nitrogens with one attached hydrogen (secondary N) is 2. The number of carbonyl (C=O) groups excluding carboxylic acids is 1. The summed E-state index contributed by atoms with van der Waals surface area (Å²) in [4.78, 5) is 19.3. The van der Waals surface area contributed by atoms with Gasteiger partial charge in [0.15, 0.2) is 11.5 Å². The highest BCUT2D eigenvalue weighted by atomic mass is 33.1. The molecule has 1 fully saturated rings. The van der Waals surface area contributed by atoms with Crippen LogP contribution in [0.4, 0.5) is 0 Å². The van der Waals surface area contributed by atoms with E-state index in [1.54, 1.807) is 27.7 Å². The number of hydrogen-bond donors (Lipinski definition) is 7. The highest BCUT2D eigenvalue weighted by Gasteiger charge is 2.51. The smallest absolute Gasteiger partial charge is 0.252 e. The molecular formula is C46H53N4O7S2+. The third kappa shape index (κ3) is 7.86. The fraction of sp³-hybridized carbons (Fsp3) is 0.522. The molecule has 8 atom stereocenters. The van der Waals surface area contributed by atoms with E-state index in [-0.39, 0.29) is 49.3 Å². The molecule has 2 aromatic carbocycles. The molecule has 8 N–H and O–H groups in total. The summed E-state index contributed by atoms with van der Waals surface area (Å²) in [6, 6.07) is 5.60. The Morgan fingerprint density at radius 1 is 1.15 bits per heavy atom. The van der Waals surface area contributed by atoms with Crippen LogP contribution in [0.25, 0.3) is 0 Å². The number of ketones is 1. The van der Waals surface area contributed by atoms with Crippen LogP contribution >= 0.6 is 21.6 Å². The van der Waals surface area contributed by atoms with Gasteiger partial charge in [-0.05, 0) is 59.9 Å². The maximum atomic E-state index is 13.3. The van der Waals surface area contributed by atoms with E-state index in [0.29, 0.717) is 48.7 Å². The zero-order valence-corrected chi connectivity index (χ0v) is 35.0. The minimum Gasteiger partial charge on any atom is -0.508 e. The van der Waals surface area contributed by atoms with Crippen molar-refractivity contribution in [1.29, 1.82) is 0 Å². The van der Waals surface area contributed by atoms with E-state index in [2.05, 4.69) is 41.5 Å². The number of carbonyl (C=O) groups is 1. The Hall–Kier alpha value is -3.76. The summed E-state index contributed by atoms with van der Waals surface area (Å²) in [7, 11) is 3.38. The van der Waals surface area contributed by atoms with Crippen molar-refractivity contribution < 1.29 is 39.6 Å². The Labute approximate surface area is 353 Å². The predicted molar refractivity (Wildman–Crippen MR) is 229 cm³/mol. The Morgan fingerprint density at radius 3 is 2.81 bits per heavy atom. The van der Waals surface area contributed by atoms with E-state index in [0.717, 1.165) is 87.4 Å². The number of allylic oxidation sites excluding steroid dienone is 1. The number of Topliss-reactive ketones (excluding diaryl/α,β-unsaturated/α-hetero) is 1. The molecule has 7 aliphatic heterocycles. The van der Waals surface area contributed by atoms with Gasteiger partial charge in [0, 0.05) is 66.6 Å². The van der Waals surface area contributed by atoms with Crippen molar-refractivity contribution in [1.82, 2.24) is 5.32 Å². The molecule has 59 heavy (non-hydrogen) atoms. The van der Waals surface area contributed by atoms with E-state index in [4.69, 9.17) is 20.2 Å². The van der Waals surface area contributed by atoms with Crippen molar-refractivity contribution in [2.45, 2.75) is 120 Å². The van der Waals surface area contributed by atoms with Gasteiger partial charge in [-0.15, -0.1) is 0 Å². The first-order chi connectivity index (χ1) is 28.6. The third-order valence-electron chi connectivity index (χ3n) is 13.3. The molecule has 10 rings (SSSR count). The standard InChI is InChI=1S/C46H52N4O7S2/c1-2-5-28(51)17-30(53)18-29(52)6-7-32-36-25-59-58-24-27-21-49-44(47)33-9-8-31-34(42(27)33)16-26-20-48-38-23-50(22-35(26)38)45-37(10-11-39(31)54)46(12-3-4-13-46)14-15-56-41(19-40(32)55)43(36)57-45/h8-9,19-20,22,27-28,30,37,39,44-45,49,51,53-55H,2-7,12-13,16-18,21,23-25,47H2,1H3/p+1. The number of quaternary nitrogens is 1. The molecule has 1 aliphatic carbocycles. The maximum absolute atomic E-state index is 13.3. The number of ether oxygens (including phenoxy) is 2. The number of phenolic OH excluding ortho intramolecular Hbond substituents is 1. The van der Waals surface area contributed by atoms with Gasteiger partial charge in [0.2, 0.25) is 0 Å². The summed E-state index contributed by atoms with van der Waals surface area (Å²) in [6.45, 7) is 3.21. The molecule has 8 aliphatic rings. The molecule has 1 spiro atoms. The van der Waals surface area contributed by atoms with E-state index in [1.807, 2.05) is 19.2 Å². The zero-order chi connectivity index (χ0) is 40.8. The zero-order valence-electron chi connectivity index (χ0n) is 33.4. The Bertz CT molecular complexity index is 2250. The van der Waals surface area contributed by atoms with Gasteiger partial charge >= 0.3 is 0 Å². The minimum atomic E-state index is -1.07. The summed E-state index contributed by atoms with van der Waals surface area (Å²) in [5.41, 5.74) is 14.7. The van der Waals surface area contributed by atoms with Crippen LogP contribution in [0.5, 0.6) is 17.2 Å². The highest BCUT2D eigenvalue weighted by molar-refractivity contribution is 8.76. The van der Waals surface area contributed by atoms with Gasteiger partial charge < -0.3 is 35.6 Å². The first kappa shape index (κ1) is 40.6. The molecule has 11 nitrogen and oxygen atoms in total. The average molecular weight is 838 g/mol. The largest absolute Gasteiger partial charge is 0.508 e. The number of hydrogen-bond acceptors (Lipinski definition) is 12. The maximum Gasteiger partial charge on any atom is 0.252 e. The molecule has 8 unspecified atom stereocenters. The fourth-order valence-electron chi connectivity index (χ4n) is 10.3. The molecule has 7 heterocycles. The van der Waals surface area contributed by atoms with Crippen LogP contribution in [0.3, 0.4) is 0 Å². The SMILES string of the molecule is CCCC(O)CC(O)CC(=O)CCc1c(O)cc2c3c1CSSCC1CNC(N)c4ccc5c(c41)CC1=CN=C4C[NH+](C=C14)C(O3)C(C#CC5O)C1(C#CO2)CCCC1. The van der Waals surface area contributed by atoms with Crippen molar-refractivity contribution in [3.05, 3.63) is 75.1 Å². The summed E-state index contributed by atoms with van der Waals surface area (Å²) in [5.74, 6) is 11.9. The quantitative estimate of drug-likeness (QED) is 0.141. The van der Waals surface area contributed by atoms with Crippen molar-refractivity contribution >= 4 is 33.1 Å². The lowest BCUT2D eigenvalue weighted by Crippen LogP contribution is -3.13. The van der Waals surface area contributed by atoms with E-state index in [9.17, 15) is 25.2 Å². The molecule has 0 amide bonds. The number of aliphatic imine (C=N–C) groups is 1. The molecular weight excluding hydrogens is 785 g/mol. The van der Waals surface area contributed by atoms with E-state index in [1.165, 1.54) is 0 Å². The lowest BCUT2D eigenvalue weighted by molar-refractivity contribution is -0.888.